The summed E-state index contributed by atoms with van der Waals surface area (Å²) in [4.78, 5) is 23.2. The van der Waals surface area contributed by atoms with Gasteiger partial charge in [0.25, 0.3) is 5.56 Å². The largest absolute Gasteiger partial charge is 0.369 e. The molecule has 4 rings (SSSR count). The Balaban J connectivity index is 1.75. The van der Waals surface area contributed by atoms with Crippen LogP contribution in [0.4, 0.5) is 10.1 Å². The third-order valence-corrected chi connectivity index (χ3v) is 6.10. The van der Waals surface area contributed by atoms with Crippen molar-refractivity contribution in [3.8, 4) is 11.1 Å². The summed E-state index contributed by atoms with van der Waals surface area (Å²) in [5.74, 6) is -0.390. The van der Waals surface area contributed by atoms with Gasteiger partial charge in [-0.1, -0.05) is 41.0 Å². The minimum atomic E-state index is -0.424. The molecule has 0 unspecified atom stereocenters. The van der Waals surface area contributed by atoms with Crippen LogP contribution in [0.3, 0.4) is 0 Å². The Morgan fingerprint density at radius 2 is 1.91 bits per heavy atom. The second-order valence-corrected chi connectivity index (χ2v) is 8.85. The number of hydrogen-bond donors (Lipinski definition) is 0. The molecule has 0 aliphatic carbocycles. The number of halogens is 3. The standard InChI is InChI=1S/C22H16Cl2FN5OS/c1-29(2)11-26-14-4-5-15(17(24)10-14)21-18-7-8-20(28-30(18)12-27-22(21)31)32-19-9-13(25)3-6-16(19)23/h3-12H,1-2H3. The highest BCUT2D eigenvalue weighted by molar-refractivity contribution is 7.99. The van der Waals surface area contributed by atoms with Gasteiger partial charge in [-0.25, -0.2) is 13.9 Å². The Hall–Kier alpha value is -2.94. The van der Waals surface area contributed by atoms with E-state index in [4.69, 9.17) is 23.2 Å². The molecule has 6 nitrogen and oxygen atoms in total. The van der Waals surface area contributed by atoms with E-state index in [9.17, 15) is 9.18 Å². The van der Waals surface area contributed by atoms with E-state index in [1.807, 2.05) is 14.1 Å². The predicted octanol–water partition coefficient (Wildman–Crippen LogP) is 5.58. The van der Waals surface area contributed by atoms with Crippen LogP contribution in [0.2, 0.25) is 10.0 Å². The van der Waals surface area contributed by atoms with Crippen LogP contribution in [0.25, 0.3) is 16.6 Å². The maximum Gasteiger partial charge on any atom is 0.281 e. The van der Waals surface area contributed by atoms with Gasteiger partial charge >= 0.3 is 0 Å². The first kappa shape index (κ1) is 22.3. The lowest BCUT2D eigenvalue weighted by molar-refractivity contribution is 0.624. The molecule has 0 atom stereocenters. The van der Waals surface area contributed by atoms with Crippen LogP contribution in [-0.2, 0) is 0 Å². The zero-order chi connectivity index (χ0) is 22.8. The summed E-state index contributed by atoms with van der Waals surface area (Å²) >= 11 is 13.8. The molecule has 10 heteroatoms. The van der Waals surface area contributed by atoms with Crippen molar-refractivity contribution >= 4 is 52.5 Å². The first-order valence-electron chi connectivity index (χ1n) is 9.34. The Labute approximate surface area is 197 Å². The SMILES string of the molecule is CN(C)C=Nc1ccc(-c2c(=O)ncn3nc(Sc4cc(F)ccc4Cl)ccc23)c(Cl)c1. The van der Waals surface area contributed by atoms with E-state index in [1.165, 1.54) is 40.8 Å². The molecule has 32 heavy (non-hydrogen) atoms. The molecule has 2 aromatic heterocycles. The van der Waals surface area contributed by atoms with E-state index < -0.39 is 11.4 Å². The molecule has 0 saturated heterocycles. The Morgan fingerprint density at radius 3 is 2.66 bits per heavy atom. The summed E-state index contributed by atoms with van der Waals surface area (Å²) in [6.07, 6.45) is 3.00. The van der Waals surface area contributed by atoms with Crippen LogP contribution in [0.5, 0.6) is 0 Å². The Bertz CT molecular complexity index is 1410. The molecule has 0 aliphatic rings. The predicted molar refractivity (Wildman–Crippen MR) is 127 cm³/mol. The summed E-state index contributed by atoms with van der Waals surface area (Å²) in [6.45, 7) is 0. The summed E-state index contributed by atoms with van der Waals surface area (Å²) in [5.41, 5.74) is 1.62. The van der Waals surface area contributed by atoms with E-state index in [-0.39, 0.29) is 0 Å². The number of fused-ring (bicyclic) bond motifs is 1. The average molecular weight is 488 g/mol. The van der Waals surface area contributed by atoms with Crippen molar-refractivity contribution < 1.29 is 4.39 Å². The molecule has 0 bridgehead atoms. The molecule has 0 fully saturated rings. The maximum atomic E-state index is 13.6. The lowest BCUT2D eigenvalue weighted by atomic mass is 10.1. The van der Waals surface area contributed by atoms with Gasteiger partial charge in [0, 0.05) is 24.6 Å². The van der Waals surface area contributed by atoms with Gasteiger partial charge in [-0.2, -0.15) is 10.1 Å². The fourth-order valence-electron chi connectivity index (χ4n) is 2.93. The minimum Gasteiger partial charge on any atom is -0.369 e. The average Bonchev–Trinajstić information content (AvgIpc) is 2.75. The van der Waals surface area contributed by atoms with Crippen LogP contribution in [0, 0.1) is 5.82 Å². The topological polar surface area (TPSA) is 62.9 Å². The number of aromatic nitrogens is 3. The molecular formula is C22H16Cl2FN5OS. The maximum absolute atomic E-state index is 13.6. The lowest BCUT2D eigenvalue weighted by Crippen LogP contribution is -2.13. The van der Waals surface area contributed by atoms with Crippen molar-refractivity contribution in [2.45, 2.75) is 9.92 Å². The summed E-state index contributed by atoms with van der Waals surface area (Å²) in [6, 6.07) is 12.8. The normalized spacial score (nSPS) is 11.4. The van der Waals surface area contributed by atoms with Gasteiger partial charge in [0.15, 0.2) is 0 Å². The monoisotopic (exact) mass is 487 g/mol. The molecule has 0 N–H and O–H groups in total. The van der Waals surface area contributed by atoms with Gasteiger partial charge in [0.2, 0.25) is 0 Å². The fraction of sp³-hybridized carbons (Fsp3) is 0.0909. The van der Waals surface area contributed by atoms with Gasteiger partial charge in [-0.3, -0.25) is 4.79 Å². The van der Waals surface area contributed by atoms with Crippen LogP contribution < -0.4 is 5.56 Å². The molecule has 0 radical (unpaired) electrons. The zero-order valence-corrected chi connectivity index (χ0v) is 19.3. The zero-order valence-electron chi connectivity index (χ0n) is 17.0. The second-order valence-electron chi connectivity index (χ2n) is 6.98. The van der Waals surface area contributed by atoms with E-state index in [1.54, 1.807) is 41.6 Å². The molecule has 0 saturated carbocycles. The van der Waals surface area contributed by atoms with Gasteiger partial charge in [0.05, 0.1) is 33.2 Å². The quantitative estimate of drug-likeness (QED) is 0.271. The van der Waals surface area contributed by atoms with Crippen molar-refractivity contribution in [3.63, 3.8) is 0 Å². The summed E-state index contributed by atoms with van der Waals surface area (Å²) < 4.78 is 15.1. The van der Waals surface area contributed by atoms with Gasteiger partial charge in [-0.05, 0) is 42.5 Å². The molecule has 0 aliphatic heterocycles. The van der Waals surface area contributed by atoms with E-state index in [0.717, 1.165) is 0 Å². The van der Waals surface area contributed by atoms with Gasteiger partial charge in [-0.15, -0.1) is 0 Å². The van der Waals surface area contributed by atoms with E-state index in [0.29, 0.717) is 42.3 Å². The molecular weight excluding hydrogens is 472 g/mol. The summed E-state index contributed by atoms with van der Waals surface area (Å²) in [5, 5.41) is 5.83. The third-order valence-electron chi connectivity index (χ3n) is 4.36. The molecule has 2 aromatic carbocycles. The number of rotatable bonds is 5. The van der Waals surface area contributed by atoms with Crippen LogP contribution >= 0.6 is 35.0 Å². The fourth-order valence-corrected chi connectivity index (χ4v) is 4.26. The number of nitrogens with zero attached hydrogens (tertiary/aromatic N) is 5. The van der Waals surface area contributed by atoms with Gasteiger partial charge < -0.3 is 4.90 Å². The minimum absolute atomic E-state index is 0.327. The molecule has 2 heterocycles. The van der Waals surface area contributed by atoms with Crippen molar-refractivity contribution in [1.82, 2.24) is 19.5 Å². The molecule has 4 aromatic rings. The highest BCUT2D eigenvalue weighted by atomic mass is 35.5. The van der Waals surface area contributed by atoms with E-state index in [2.05, 4.69) is 15.1 Å². The van der Waals surface area contributed by atoms with Gasteiger partial charge in [0.1, 0.15) is 17.2 Å². The smallest absolute Gasteiger partial charge is 0.281 e. The Kier molecular flexibility index (Phi) is 6.45. The first-order valence-corrected chi connectivity index (χ1v) is 10.9. The highest BCUT2D eigenvalue weighted by Gasteiger charge is 2.15. The number of hydrogen-bond acceptors (Lipinski definition) is 5. The van der Waals surface area contributed by atoms with Crippen molar-refractivity contribution in [2.24, 2.45) is 4.99 Å². The van der Waals surface area contributed by atoms with Crippen molar-refractivity contribution in [1.29, 1.82) is 0 Å². The Morgan fingerprint density at radius 1 is 1.09 bits per heavy atom. The highest BCUT2D eigenvalue weighted by Crippen LogP contribution is 2.34. The van der Waals surface area contributed by atoms with Crippen LogP contribution in [0.15, 0.2) is 74.6 Å². The van der Waals surface area contributed by atoms with Crippen LogP contribution in [0.1, 0.15) is 0 Å². The molecule has 0 spiro atoms. The summed E-state index contributed by atoms with van der Waals surface area (Å²) in [7, 11) is 3.73. The third kappa shape index (κ3) is 4.77. The van der Waals surface area contributed by atoms with Crippen LogP contribution in [-0.4, -0.2) is 39.9 Å². The number of aliphatic imine (C=N–C) groups is 1. The second kappa shape index (κ2) is 9.28. The number of benzene rings is 2. The van der Waals surface area contributed by atoms with Crippen molar-refractivity contribution in [2.75, 3.05) is 14.1 Å². The van der Waals surface area contributed by atoms with E-state index >= 15 is 0 Å². The lowest BCUT2D eigenvalue weighted by Gasteiger charge is -2.10. The molecule has 0 amide bonds. The van der Waals surface area contributed by atoms with Crippen molar-refractivity contribution in [3.05, 3.63) is 81.1 Å². The first-order chi connectivity index (χ1) is 15.3. The molecule has 162 valence electrons.